The third-order valence-electron chi connectivity index (χ3n) is 5.12. The van der Waals surface area contributed by atoms with Gasteiger partial charge in [-0.05, 0) is 55.4 Å². The molecule has 23 heavy (non-hydrogen) atoms. The summed E-state index contributed by atoms with van der Waals surface area (Å²) < 4.78 is 16.3. The van der Waals surface area contributed by atoms with Crippen molar-refractivity contribution in [3.05, 3.63) is 60.1 Å². The summed E-state index contributed by atoms with van der Waals surface area (Å²) in [5, 5.41) is 0.732. The van der Waals surface area contributed by atoms with Gasteiger partial charge in [0.25, 0.3) is 0 Å². The third kappa shape index (κ3) is 2.52. The highest BCUT2D eigenvalue weighted by molar-refractivity contribution is 5.84. The van der Waals surface area contributed by atoms with Gasteiger partial charge in [-0.1, -0.05) is 12.5 Å². The molecule has 4 heteroatoms. The topological polar surface area (TPSA) is 30.7 Å². The van der Waals surface area contributed by atoms with E-state index >= 15 is 0 Å². The minimum Gasteiger partial charge on any atom is -0.344 e. The Bertz CT molecular complexity index is 825. The van der Waals surface area contributed by atoms with E-state index in [1.165, 1.54) is 18.4 Å². The molecule has 4 rings (SSSR count). The molecule has 1 saturated carbocycles. The molecule has 0 unspecified atom stereocenters. The molecule has 0 spiro atoms. The van der Waals surface area contributed by atoms with Gasteiger partial charge in [0, 0.05) is 30.0 Å². The molecule has 3 nitrogen and oxygen atoms in total. The zero-order valence-corrected chi connectivity index (χ0v) is 13.2. The molecule has 2 aromatic heterocycles. The van der Waals surface area contributed by atoms with E-state index in [2.05, 4.69) is 27.7 Å². The largest absolute Gasteiger partial charge is 0.344 e. The van der Waals surface area contributed by atoms with Crippen LogP contribution in [-0.2, 0) is 0 Å². The van der Waals surface area contributed by atoms with Gasteiger partial charge in [-0.25, -0.2) is 14.4 Å². The monoisotopic (exact) mass is 309 g/mol. The fourth-order valence-electron chi connectivity index (χ4n) is 3.97. The van der Waals surface area contributed by atoms with Gasteiger partial charge in [0.1, 0.15) is 12.1 Å². The Morgan fingerprint density at radius 3 is 2.78 bits per heavy atom. The third-order valence-corrected chi connectivity index (χ3v) is 5.12. The van der Waals surface area contributed by atoms with Crippen molar-refractivity contribution >= 4 is 10.9 Å². The van der Waals surface area contributed by atoms with Crippen molar-refractivity contribution in [2.24, 2.45) is 0 Å². The lowest BCUT2D eigenvalue weighted by atomic mass is 9.82. The van der Waals surface area contributed by atoms with Crippen LogP contribution in [0.1, 0.15) is 48.8 Å². The Morgan fingerprint density at radius 1 is 1.13 bits per heavy atom. The predicted molar refractivity (Wildman–Crippen MR) is 88.9 cm³/mol. The van der Waals surface area contributed by atoms with Crippen LogP contribution in [0.25, 0.3) is 10.9 Å². The molecule has 1 aliphatic carbocycles. The molecule has 2 atom stereocenters. The maximum absolute atomic E-state index is 14.1. The molecule has 0 bridgehead atoms. The van der Waals surface area contributed by atoms with E-state index in [4.69, 9.17) is 0 Å². The van der Waals surface area contributed by atoms with Gasteiger partial charge in [0.15, 0.2) is 0 Å². The van der Waals surface area contributed by atoms with Gasteiger partial charge >= 0.3 is 0 Å². The molecular formula is C19H20FN3. The van der Waals surface area contributed by atoms with Crippen LogP contribution in [0.3, 0.4) is 0 Å². The SMILES string of the molecule is Cc1ccc(F)c2ccn([C@H]3CCC[C@H](c4cncnc4)C3)c12. The minimum atomic E-state index is -0.131. The summed E-state index contributed by atoms with van der Waals surface area (Å²) in [6.45, 7) is 2.06. The maximum atomic E-state index is 14.1. The summed E-state index contributed by atoms with van der Waals surface area (Å²) in [5.41, 5.74) is 3.40. The van der Waals surface area contributed by atoms with Crippen LogP contribution >= 0.6 is 0 Å². The average molecular weight is 309 g/mol. The number of hydrogen-bond acceptors (Lipinski definition) is 2. The summed E-state index contributed by atoms with van der Waals surface area (Å²) in [5.74, 6) is 0.356. The van der Waals surface area contributed by atoms with Crippen LogP contribution in [0.15, 0.2) is 43.1 Å². The Hall–Kier alpha value is -2.23. The van der Waals surface area contributed by atoms with E-state index in [-0.39, 0.29) is 5.82 Å². The van der Waals surface area contributed by atoms with Crippen LogP contribution in [0.5, 0.6) is 0 Å². The maximum Gasteiger partial charge on any atom is 0.132 e. The number of rotatable bonds is 2. The van der Waals surface area contributed by atoms with E-state index in [9.17, 15) is 4.39 Å². The second-order valence-electron chi connectivity index (χ2n) is 6.54. The van der Waals surface area contributed by atoms with Crippen LogP contribution in [0.2, 0.25) is 0 Å². The summed E-state index contributed by atoms with van der Waals surface area (Å²) in [4.78, 5) is 8.31. The first-order valence-corrected chi connectivity index (χ1v) is 8.24. The van der Waals surface area contributed by atoms with Crippen LogP contribution < -0.4 is 0 Å². The van der Waals surface area contributed by atoms with Gasteiger partial charge < -0.3 is 4.57 Å². The normalized spacial score (nSPS) is 21.7. The zero-order chi connectivity index (χ0) is 15.8. The Balaban J connectivity index is 1.70. The number of halogens is 1. The molecule has 118 valence electrons. The summed E-state index contributed by atoms with van der Waals surface area (Å²) in [6.07, 6.45) is 12.0. The number of aryl methyl sites for hydroxylation is 1. The van der Waals surface area contributed by atoms with E-state index < -0.39 is 0 Å². The lowest BCUT2D eigenvalue weighted by Crippen LogP contribution is -2.18. The Labute approximate surface area is 135 Å². The van der Waals surface area contributed by atoms with Crippen molar-refractivity contribution in [1.82, 2.24) is 14.5 Å². The molecule has 0 radical (unpaired) electrons. The number of nitrogens with zero attached hydrogens (tertiary/aromatic N) is 3. The van der Waals surface area contributed by atoms with Gasteiger partial charge in [0.2, 0.25) is 0 Å². The molecule has 0 aliphatic heterocycles. The van der Waals surface area contributed by atoms with E-state index in [0.29, 0.717) is 12.0 Å². The minimum absolute atomic E-state index is 0.131. The summed E-state index contributed by atoms with van der Waals surface area (Å²) in [6, 6.07) is 5.76. The molecule has 0 amide bonds. The molecule has 0 N–H and O–H groups in total. The molecule has 3 aromatic rings. The molecule has 2 heterocycles. The summed E-state index contributed by atoms with van der Waals surface area (Å²) >= 11 is 0. The molecular weight excluding hydrogens is 289 g/mol. The quantitative estimate of drug-likeness (QED) is 0.682. The first kappa shape index (κ1) is 14.4. The van der Waals surface area contributed by atoms with Gasteiger partial charge in [-0.3, -0.25) is 0 Å². The Morgan fingerprint density at radius 2 is 1.96 bits per heavy atom. The number of aromatic nitrogens is 3. The lowest BCUT2D eigenvalue weighted by molar-refractivity contribution is 0.324. The molecule has 0 saturated heterocycles. The van der Waals surface area contributed by atoms with Gasteiger partial charge in [-0.2, -0.15) is 0 Å². The smallest absolute Gasteiger partial charge is 0.132 e. The second kappa shape index (κ2) is 5.76. The van der Waals surface area contributed by atoms with Crippen molar-refractivity contribution in [2.75, 3.05) is 0 Å². The van der Waals surface area contributed by atoms with Crippen LogP contribution in [0.4, 0.5) is 4.39 Å². The average Bonchev–Trinajstić information content (AvgIpc) is 3.06. The van der Waals surface area contributed by atoms with Crippen LogP contribution in [0, 0.1) is 12.7 Å². The van der Waals surface area contributed by atoms with E-state index in [1.54, 1.807) is 12.4 Å². The second-order valence-corrected chi connectivity index (χ2v) is 6.54. The van der Waals surface area contributed by atoms with Crippen molar-refractivity contribution in [1.29, 1.82) is 0 Å². The zero-order valence-electron chi connectivity index (χ0n) is 13.2. The fraction of sp³-hybridized carbons (Fsp3) is 0.368. The highest BCUT2D eigenvalue weighted by Gasteiger charge is 2.26. The predicted octanol–water partition coefficient (Wildman–Crippen LogP) is 4.78. The van der Waals surface area contributed by atoms with Crippen molar-refractivity contribution in [3.8, 4) is 0 Å². The van der Waals surface area contributed by atoms with E-state index in [1.807, 2.05) is 24.5 Å². The Kier molecular flexibility index (Phi) is 3.60. The lowest BCUT2D eigenvalue weighted by Gasteiger charge is -2.31. The van der Waals surface area contributed by atoms with Gasteiger partial charge in [-0.15, -0.1) is 0 Å². The molecule has 1 aliphatic rings. The standard InChI is InChI=1S/C19H20FN3/c1-13-5-6-18(20)17-7-8-23(19(13)17)16-4-2-3-14(9-16)15-10-21-12-22-11-15/h5-8,10-12,14,16H,2-4,9H2,1H3/t14-,16-/m0/s1. The number of fused-ring (bicyclic) bond motifs is 1. The number of benzene rings is 1. The van der Waals surface area contributed by atoms with Gasteiger partial charge in [0.05, 0.1) is 5.52 Å². The highest BCUT2D eigenvalue weighted by atomic mass is 19.1. The highest BCUT2D eigenvalue weighted by Crippen LogP contribution is 2.40. The first-order chi connectivity index (χ1) is 11.2. The van der Waals surface area contributed by atoms with E-state index in [0.717, 1.165) is 29.3 Å². The van der Waals surface area contributed by atoms with Crippen molar-refractivity contribution < 1.29 is 4.39 Å². The first-order valence-electron chi connectivity index (χ1n) is 8.24. The van der Waals surface area contributed by atoms with Crippen molar-refractivity contribution in [2.45, 2.75) is 44.6 Å². The van der Waals surface area contributed by atoms with Crippen molar-refractivity contribution in [3.63, 3.8) is 0 Å². The van der Waals surface area contributed by atoms with Crippen LogP contribution in [-0.4, -0.2) is 14.5 Å². The number of hydrogen-bond donors (Lipinski definition) is 0. The summed E-state index contributed by atoms with van der Waals surface area (Å²) in [7, 11) is 0. The molecule has 1 aromatic carbocycles. The molecule has 1 fully saturated rings. The fourth-order valence-corrected chi connectivity index (χ4v) is 3.97.